The van der Waals surface area contributed by atoms with Gasteiger partial charge in [0.1, 0.15) is 5.82 Å². The molecule has 3 aromatic carbocycles. The van der Waals surface area contributed by atoms with E-state index in [1.54, 1.807) is 28.4 Å². The number of amides is 1. The molecule has 0 spiro atoms. The van der Waals surface area contributed by atoms with Gasteiger partial charge in [-0.1, -0.05) is 53.8 Å². The summed E-state index contributed by atoms with van der Waals surface area (Å²) in [6, 6.07) is 20.3. The minimum absolute atomic E-state index is 0.0254. The summed E-state index contributed by atoms with van der Waals surface area (Å²) in [5.41, 5.74) is 4.26. The molecule has 1 amide bonds. The molecule has 0 unspecified atom stereocenters. The van der Waals surface area contributed by atoms with Crippen LogP contribution in [0.4, 0.5) is 9.52 Å². The van der Waals surface area contributed by atoms with Crippen LogP contribution < -0.4 is 4.90 Å². The lowest BCUT2D eigenvalue weighted by molar-refractivity contribution is -0.116. The average Bonchev–Trinajstić information content (AvgIpc) is 3.21. The van der Waals surface area contributed by atoms with Crippen molar-refractivity contribution >= 4 is 44.4 Å². The van der Waals surface area contributed by atoms with Gasteiger partial charge in [0.05, 0.1) is 22.5 Å². The quantitative estimate of drug-likeness (QED) is 0.329. The molecule has 0 radical (unpaired) electrons. The number of aryl methyl sites for hydroxylation is 2. The minimum atomic E-state index is -0.281. The molecule has 0 aliphatic carbocycles. The number of carbonyl (C=O) groups excluding carboxylic acids is 1. The molecule has 6 heteroatoms. The SMILES string of the molecule is Cc1ccc(C)c2sc(N(Cc3ccccc3)C(=O)CSc3ccc(F)cc3)nc12. The van der Waals surface area contributed by atoms with Gasteiger partial charge >= 0.3 is 0 Å². The standard InChI is InChI=1S/C24H21FN2OS2/c1-16-8-9-17(2)23-22(16)26-24(30-23)27(14-18-6-4-3-5-7-18)21(28)15-29-20-12-10-19(25)11-13-20/h3-13H,14-15H2,1-2H3. The summed E-state index contributed by atoms with van der Waals surface area (Å²) in [5.74, 6) is -0.0501. The number of halogens is 1. The van der Waals surface area contributed by atoms with Gasteiger partial charge in [-0.05, 0) is 54.8 Å². The molecule has 4 aromatic rings. The largest absolute Gasteiger partial charge is 0.283 e. The van der Waals surface area contributed by atoms with Gasteiger partial charge in [-0.3, -0.25) is 9.69 Å². The van der Waals surface area contributed by atoms with E-state index < -0.39 is 0 Å². The number of anilines is 1. The van der Waals surface area contributed by atoms with E-state index in [4.69, 9.17) is 4.98 Å². The van der Waals surface area contributed by atoms with Gasteiger partial charge in [-0.25, -0.2) is 9.37 Å². The summed E-state index contributed by atoms with van der Waals surface area (Å²) in [4.78, 5) is 20.7. The predicted molar refractivity (Wildman–Crippen MR) is 124 cm³/mol. The molecule has 1 aromatic heterocycles. The van der Waals surface area contributed by atoms with Gasteiger partial charge in [0.15, 0.2) is 5.13 Å². The number of benzene rings is 3. The molecule has 0 aliphatic heterocycles. The number of hydrogen-bond donors (Lipinski definition) is 0. The molecule has 152 valence electrons. The Bertz CT molecular complexity index is 1130. The molecule has 1 heterocycles. The summed E-state index contributed by atoms with van der Waals surface area (Å²) >= 11 is 2.96. The lowest BCUT2D eigenvalue weighted by Gasteiger charge is -2.20. The van der Waals surface area contributed by atoms with Gasteiger partial charge in [-0.15, -0.1) is 11.8 Å². The number of thiazole rings is 1. The van der Waals surface area contributed by atoms with E-state index in [2.05, 4.69) is 19.1 Å². The Morgan fingerprint density at radius 2 is 1.70 bits per heavy atom. The Morgan fingerprint density at radius 3 is 2.40 bits per heavy atom. The van der Waals surface area contributed by atoms with Crippen molar-refractivity contribution in [3.05, 3.63) is 89.2 Å². The zero-order chi connectivity index (χ0) is 21.1. The molecule has 0 fully saturated rings. The van der Waals surface area contributed by atoms with Crippen LogP contribution in [-0.4, -0.2) is 16.6 Å². The fourth-order valence-electron chi connectivity index (χ4n) is 3.15. The van der Waals surface area contributed by atoms with E-state index in [1.165, 1.54) is 23.9 Å². The summed E-state index contributed by atoms with van der Waals surface area (Å²) in [5, 5.41) is 0.705. The lowest BCUT2D eigenvalue weighted by atomic mass is 10.1. The van der Waals surface area contributed by atoms with Crippen LogP contribution in [0.3, 0.4) is 0 Å². The summed E-state index contributed by atoms with van der Waals surface area (Å²) < 4.78 is 14.3. The Balaban J connectivity index is 1.64. The second kappa shape index (κ2) is 8.98. The third kappa shape index (κ3) is 4.55. The van der Waals surface area contributed by atoms with Crippen molar-refractivity contribution in [1.82, 2.24) is 4.98 Å². The topological polar surface area (TPSA) is 33.2 Å². The van der Waals surface area contributed by atoms with Crippen molar-refractivity contribution in [3.8, 4) is 0 Å². The van der Waals surface area contributed by atoms with Crippen LogP contribution >= 0.6 is 23.1 Å². The van der Waals surface area contributed by atoms with Crippen molar-refractivity contribution in [2.24, 2.45) is 0 Å². The molecule has 0 aliphatic rings. The molecule has 0 bridgehead atoms. The van der Waals surface area contributed by atoms with Crippen molar-refractivity contribution in [1.29, 1.82) is 0 Å². The number of nitrogens with zero attached hydrogens (tertiary/aromatic N) is 2. The third-order valence-electron chi connectivity index (χ3n) is 4.82. The van der Waals surface area contributed by atoms with Crippen molar-refractivity contribution in [2.75, 3.05) is 10.7 Å². The highest BCUT2D eigenvalue weighted by atomic mass is 32.2. The van der Waals surface area contributed by atoms with Gasteiger partial charge in [0.2, 0.25) is 5.91 Å². The Hall–Kier alpha value is -2.70. The van der Waals surface area contributed by atoms with Crippen LogP contribution in [0.1, 0.15) is 16.7 Å². The molecule has 4 rings (SSSR count). The molecule has 0 N–H and O–H groups in total. The third-order valence-corrected chi connectivity index (χ3v) is 7.03. The van der Waals surface area contributed by atoms with E-state index in [-0.39, 0.29) is 17.5 Å². The summed E-state index contributed by atoms with van der Waals surface area (Å²) in [6.45, 7) is 4.57. The van der Waals surface area contributed by atoms with Crippen LogP contribution in [0.25, 0.3) is 10.2 Å². The number of hydrogen-bond acceptors (Lipinski definition) is 4. The van der Waals surface area contributed by atoms with E-state index in [1.807, 2.05) is 37.3 Å². The van der Waals surface area contributed by atoms with Gasteiger partial charge in [0, 0.05) is 4.90 Å². The number of thioether (sulfide) groups is 1. The smallest absolute Gasteiger partial charge is 0.239 e. The Kier molecular flexibility index (Phi) is 6.16. The zero-order valence-corrected chi connectivity index (χ0v) is 18.4. The Morgan fingerprint density at radius 1 is 1.00 bits per heavy atom. The van der Waals surface area contributed by atoms with Crippen molar-refractivity contribution in [2.45, 2.75) is 25.3 Å². The van der Waals surface area contributed by atoms with Crippen molar-refractivity contribution < 1.29 is 9.18 Å². The first kappa shape index (κ1) is 20.6. The van der Waals surface area contributed by atoms with Gasteiger partial charge in [-0.2, -0.15) is 0 Å². The molecular weight excluding hydrogens is 415 g/mol. The molecule has 0 saturated heterocycles. The number of fused-ring (bicyclic) bond motifs is 1. The van der Waals surface area contributed by atoms with Crippen LogP contribution in [0.15, 0.2) is 71.6 Å². The number of rotatable bonds is 6. The van der Waals surface area contributed by atoms with Crippen LogP contribution in [0, 0.1) is 19.7 Å². The van der Waals surface area contributed by atoms with Crippen LogP contribution in [0.5, 0.6) is 0 Å². The molecular formula is C24H21FN2OS2. The molecule has 3 nitrogen and oxygen atoms in total. The monoisotopic (exact) mass is 436 g/mol. The highest BCUT2D eigenvalue weighted by molar-refractivity contribution is 8.00. The second-order valence-corrected chi connectivity index (χ2v) is 9.11. The lowest BCUT2D eigenvalue weighted by Crippen LogP contribution is -2.31. The summed E-state index contributed by atoms with van der Waals surface area (Å²) in [7, 11) is 0. The summed E-state index contributed by atoms with van der Waals surface area (Å²) in [6.07, 6.45) is 0. The Labute approximate surface area is 183 Å². The van der Waals surface area contributed by atoms with Crippen molar-refractivity contribution in [3.63, 3.8) is 0 Å². The van der Waals surface area contributed by atoms with Crippen LogP contribution in [-0.2, 0) is 11.3 Å². The maximum atomic E-state index is 13.2. The second-order valence-electron chi connectivity index (χ2n) is 7.08. The van der Waals surface area contributed by atoms with E-state index >= 15 is 0 Å². The van der Waals surface area contributed by atoms with Gasteiger partial charge < -0.3 is 0 Å². The van der Waals surface area contributed by atoms with Crippen LogP contribution in [0.2, 0.25) is 0 Å². The number of aromatic nitrogens is 1. The fraction of sp³-hybridized carbons (Fsp3) is 0.167. The zero-order valence-electron chi connectivity index (χ0n) is 16.8. The highest BCUT2D eigenvalue weighted by Gasteiger charge is 2.21. The fourth-order valence-corrected chi connectivity index (χ4v) is 5.05. The molecule has 0 atom stereocenters. The highest BCUT2D eigenvalue weighted by Crippen LogP contribution is 2.34. The first-order chi connectivity index (χ1) is 14.5. The molecule has 0 saturated carbocycles. The maximum Gasteiger partial charge on any atom is 0.239 e. The predicted octanol–water partition coefficient (Wildman–Crippen LogP) is 6.38. The van der Waals surface area contributed by atoms with Gasteiger partial charge in [0.25, 0.3) is 0 Å². The average molecular weight is 437 g/mol. The first-order valence-corrected chi connectivity index (χ1v) is 11.4. The van der Waals surface area contributed by atoms with E-state index in [0.29, 0.717) is 11.7 Å². The normalized spacial score (nSPS) is 11.0. The first-order valence-electron chi connectivity index (χ1n) is 9.60. The van der Waals surface area contributed by atoms with E-state index in [0.717, 1.165) is 31.8 Å². The molecule has 30 heavy (non-hydrogen) atoms. The maximum absolute atomic E-state index is 13.2. The van der Waals surface area contributed by atoms with E-state index in [9.17, 15) is 9.18 Å². The number of carbonyl (C=O) groups is 1. The minimum Gasteiger partial charge on any atom is -0.283 e.